The summed E-state index contributed by atoms with van der Waals surface area (Å²) in [5.74, 6) is 2.38. The highest BCUT2D eigenvalue weighted by Gasteiger charge is 2.15. The first-order chi connectivity index (χ1) is 7.56. The Morgan fingerprint density at radius 3 is 2.44 bits per heavy atom. The second kappa shape index (κ2) is 5.68. The van der Waals surface area contributed by atoms with Crippen molar-refractivity contribution in [1.82, 2.24) is 9.97 Å². The van der Waals surface area contributed by atoms with Crippen LogP contribution in [0, 0.1) is 5.92 Å². The summed E-state index contributed by atoms with van der Waals surface area (Å²) in [6.07, 6.45) is 1.54. The van der Waals surface area contributed by atoms with Crippen molar-refractivity contribution in [2.75, 3.05) is 19.0 Å². The van der Waals surface area contributed by atoms with E-state index in [4.69, 9.17) is 4.74 Å². The molecule has 4 nitrogen and oxygen atoms in total. The zero-order chi connectivity index (χ0) is 12.1. The largest absolute Gasteiger partial charge is 0.477 e. The molecule has 1 N–H and O–H groups in total. The molecule has 1 heterocycles. The Labute approximate surface area is 97.5 Å². The first-order valence-corrected chi connectivity index (χ1v) is 5.71. The highest BCUT2D eigenvalue weighted by Crippen LogP contribution is 2.29. The molecular weight excluding hydrogens is 202 g/mol. The van der Waals surface area contributed by atoms with Crippen molar-refractivity contribution in [3.63, 3.8) is 0 Å². The van der Waals surface area contributed by atoms with E-state index in [0.29, 0.717) is 24.3 Å². The van der Waals surface area contributed by atoms with E-state index < -0.39 is 0 Å². The van der Waals surface area contributed by atoms with E-state index in [-0.39, 0.29) is 0 Å². The van der Waals surface area contributed by atoms with Gasteiger partial charge < -0.3 is 10.1 Å². The maximum absolute atomic E-state index is 5.71. The molecule has 0 aliphatic rings. The van der Waals surface area contributed by atoms with Crippen LogP contribution in [0.3, 0.4) is 0 Å². The Morgan fingerprint density at radius 2 is 1.94 bits per heavy atom. The molecule has 0 bridgehead atoms. The lowest BCUT2D eigenvalue weighted by Gasteiger charge is -2.16. The number of nitrogens with zero attached hydrogens (tertiary/aromatic N) is 2. The Bertz CT molecular complexity index is 337. The van der Waals surface area contributed by atoms with Crippen molar-refractivity contribution < 1.29 is 4.74 Å². The topological polar surface area (TPSA) is 47.0 Å². The number of hydrogen-bond donors (Lipinski definition) is 1. The third kappa shape index (κ3) is 3.08. The molecule has 0 radical (unpaired) electrons. The van der Waals surface area contributed by atoms with E-state index in [0.717, 1.165) is 11.4 Å². The number of ether oxygens (including phenoxy) is 1. The molecule has 0 aromatic carbocycles. The molecule has 0 atom stereocenters. The molecule has 90 valence electrons. The summed E-state index contributed by atoms with van der Waals surface area (Å²) in [4.78, 5) is 8.41. The van der Waals surface area contributed by atoms with Crippen LogP contribution in [0.5, 0.6) is 5.88 Å². The lowest BCUT2D eigenvalue weighted by molar-refractivity contribution is 0.257. The van der Waals surface area contributed by atoms with Crippen LogP contribution in [-0.2, 0) is 0 Å². The summed E-state index contributed by atoms with van der Waals surface area (Å²) in [6.45, 7) is 9.15. The number of anilines is 1. The lowest BCUT2D eigenvalue weighted by atomic mass is 10.1. The molecule has 0 saturated heterocycles. The van der Waals surface area contributed by atoms with Gasteiger partial charge in [-0.3, -0.25) is 0 Å². The molecule has 1 aromatic rings. The molecule has 16 heavy (non-hydrogen) atoms. The van der Waals surface area contributed by atoms with Crippen molar-refractivity contribution in [3.05, 3.63) is 11.9 Å². The molecule has 0 saturated carbocycles. The minimum atomic E-state index is 0.339. The van der Waals surface area contributed by atoms with Crippen LogP contribution in [0.25, 0.3) is 0 Å². The fourth-order valence-electron chi connectivity index (χ4n) is 1.46. The first-order valence-electron chi connectivity index (χ1n) is 5.71. The van der Waals surface area contributed by atoms with Crippen molar-refractivity contribution in [3.8, 4) is 5.88 Å². The predicted octanol–water partition coefficient (Wildman–Crippen LogP) is 2.68. The van der Waals surface area contributed by atoms with Gasteiger partial charge in [0.15, 0.2) is 0 Å². The zero-order valence-corrected chi connectivity index (χ0v) is 10.7. The van der Waals surface area contributed by atoms with Crippen LogP contribution >= 0.6 is 0 Å². The SMILES string of the molecule is CNc1ncnc(OCC(C)C)c1C(C)C. The third-order valence-corrected chi connectivity index (χ3v) is 2.21. The molecule has 1 rings (SSSR count). The Balaban J connectivity index is 2.97. The van der Waals surface area contributed by atoms with Gasteiger partial charge in [-0.05, 0) is 11.8 Å². The van der Waals surface area contributed by atoms with Crippen molar-refractivity contribution >= 4 is 5.82 Å². The normalized spacial score (nSPS) is 10.9. The maximum Gasteiger partial charge on any atom is 0.222 e. The van der Waals surface area contributed by atoms with E-state index in [1.165, 1.54) is 6.33 Å². The standard InChI is InChI=1S/C12H21N3O/c1-8(2)6-16-12-10(9(3)4)11(13-5)14-7-15-12/h7-9H,6H2,1-5H3,(H,13,14,15). The van der Waals surface area contributed by atoms with Crippen LogP contribution in [-0.4, -0.2) is 23.6 Å². The highest BCUT2D eigenvalue weighted by molar-refractivity contribution is 5.50. The Kier molecular flexibility index (Phi) is 4.52. The average molecular weight is 223 g/mol. The minimum absolute atomic E-state index is 0.339. The highest BCUT2D eigenvalue weighted by atomic mass is 16.5. The molecule has 0 amide bonds. The fourth-order valence-corrected chi connectivity index (χ4v) is 1.46. The van der Waals surface area contributed by atoms with E-state index in [9.17, 15) is 0 Å². The average Bonchev–Trinajstić information content (AvgIpc) is 2.25. The van der Waals surface area contributed by atoms with Gasteiger partial charge in [0.25, 0.3) is 0 Å². The van der Waals surface area contributed by atoms with E-state index in [1.807, 2.05) is 7.05 Å². The van der Waals surface area contributed by atoms with Gasteiger partial charge in [-0.25, -0.2) is 9.97 Å². The van der Waals surface area contributed by atoms with Crippen LogP contribution in [0.4, 0.5) is 5.82 Å². The molecule has 0 fully saturated rings. The van der Waals surface area contributed by atoms with Gasteiger partial charge in [0, 0.05) is 7.05 Å². The molecule has 0 spiro atoms. The summed E-state index contributed by atoms with van der Waals surface area (Å²) in [5, 5.41) is 3.07. The minimum Gasteiger partial charge on any atom is -0.477 e. The molecule has 4 heteroatoms. The van der Waals surface area contributed by atoms with E-state index in [1.54, 1.807) is 0 Å². The molecule has 0 unspecified atom stereocenters. The zero-order valence-electron chi connectivity index (χ0n) is 10.7. The molecule has 0 aliphatic heterocycles. The van der Waals surface area contributed by atoms with Crippen LogP contribution in [0.2, 0.25) is 0 Å². The van der Waals surface area contributed by atoms with E-state index >= 15 is 0 Å². The van der Waals surface area contributed by atoms with Gasteiger partial charge in [0.1, 0.15) is 12.1 Å². The van der Waals surface area contributed by atoms with Crippen LogP contribution in [0.15, 0.2) is 6.33 Å². The van der Waals surface area contributed by atoms with E-state index in [2.05, 4.69) is 43.0 Å². The number of rotatable bonds is 5. The second-order valence-corrected chi connectivity index (χ2v) is 4.55. The number of aromatic nitrogens is 2. The fraction of sp³-hybridized carbons (Fsp3) is 0.667. The number of nitrogens with one attached hydrogen (secondary N) is 1. The third-order valence-electron chi connectivity index (χ3n) is 2.21. The van der Waals surface area contributed by atoms with Crippen LogP contribution in [0.1, 0.15) is 39.2 Å². The van der Waals surface area contributed by atoms with Gasteiger partial charge in [-0.2, -0.15) is 0 Å². The lowest BCUT2D eigenvalue weighted by Crippen LogP contribution is -2.10. The quantitative estimate of drug-likeness (QED) is 0.833. The molecule has 0 aliphatic carbocycles. The summed E-state index contributed by atoms with van der Waals surface area (Å²) >= 11 is 0. The van der Waals surface area contributed by atoms with Gasteiger partial charge >= 0.3 is 0 Å². The summed E-state index contributed by atoms with van der Waals surface area (Å²) in [7, 11) is 1.86. The molecular formula is C12H21N3O. The maximum atomic E-state index is 5.71. The first kappa shape index (κ1) is 12.7. The summed E-state index contributed by atoms with van der Waals surface area (Å²) < 4.78 is 5.71. The Morgan fingerprint density at radius 1 is 1.25 bits per heavy atom. The van der Waals surface area contributed by atoms with Crippen LogP contribution < -0.4 is 10.1 Å². The van der Waals surface area contributed by atoms with Crippen molar-refractivity contribution in [2.45, 2.75) is 33.6 Å². The summed E-state index contributed by atoms with van der Waals surface area (Å²) in [6, 6.07) is 0. The second-order valence-electron chi connectivity index (χ2n) is 4.55. The Hall–Kier alpha value is -1.32. The molecule has 1 aromatic heterocycles. The monoisotopic (exact) mass is 223 g/mol. The number of hydrogen-bond acceptors (Lipinski definition) is 4. The van der Waals surface area contributed by atoms with Gasteiger partial charge in [-0.1, -0.05) is 27.7 Å². The summed E-state index contributed by atoms with van der Waals surface area (Å²) in [5.41, 5.74) is 1.05. The van der Waals surface area contributed by atoms with Gasteiger partial charge in [0.2, 0.25) is 5.88 Å². The predicted molar refractivity (Wildman–Crippen MR) is 66.0 cm³/mol. The van der Waals surface area contributed by atoms with Gasteiger partial charge in [0.05, 0.1) is 12.2 Å². The van der Waals surface area contributed by atoms with Crippen molar-refractivity contribution in [1.29, 1.82) is 0 Å². The van der Waals surface area contributed by atoms with Gasteiger partial charge in [-0.15, -0.1) is 0 Å². The van der Waals surface area contributed by atoms with Crippen molar-refractivity contribution in [2.24, 2.45) is 5.92 Å². The smallest absolute Gasteiger partial charge is 0.222 e.